The van der Waals surface area contributed by atoms with Crippen LogP contribution in [0.1, 0.15) is 38.1 Å². The molecule has 2 heterocycles. The van der Waals surface area contributed by atoms with Crippen LogP contribution in [0, 0.1) is 11.6 Å². The van der Waals surface area contributed by atoms with E-state index >= 15 is 0 Å². The third kappa shape index (κ3) is 5.99. The molecule has 11 heteroatoms. The number of aromatic nitrogens is 4. The number of carbonyl (C=O) groups is 1. The lowest BCUT2D eigenvalue weighted by Gasteiger charge is -2.25. The fraction of sp³-hybridized carbons (Fsp3) is 0.308. The fourth-order valence-electron chi connectivity index (χ4n) is 4.16. The van der Waals surface area contributed by atoms with E-state index in [1.165, 1.54) is 23.9 Å². The van der Waals surface area contributed by atoms with Gasteiger partial charge in [-0.3, -0.25) is 4.68 Å². The molecule has 3 N–H and O–H groups in total. The van der Waals surface area contributed by atoms with Crippen LogP contribution < -0.4 is 11.1 Å². The van der Waals surface area contributed by atoms with Gasteiger partial charge in [0.15, 0.2) is 11.0 Å². The van der Waals surface area contributed by atoms with Gasteiger partial charge in [-0.2, -0.15) is 5.10 Å². The summed E-state index contributed by atoms with van der Waals surface area (Å²) in [7, 11) is 1.78. The van der Waals surface area contributed by atoms with Crippen LogP contribution in [0.2, 0.25) is 0 Å². The van der Waals surface area contributed by atoms with Crippen LogP contribution in [0.3, 0.4) is 0 Å². The first-order valence-corrected chi connectivity index (χ1v) is 12.7. The minimum atomic E-state index is -0.805. The highest BCUT2D eigenvalue weighted by Crippen LogP contribution is 2.36. The number of nitrogen functional groups attached to an aromatic ring is 1. The van der Waals surface area contributed by atoms with Crippen molar-refractivity contribution in [2.75, 3.05) is 12.0 Å². The summed E-state index contributed by atoms with van der Waals surface area (Å²) in [6.07, 6.45) is 2.87. The van der Waals surface area contributed by atoms with E-state index in [4.69, 9.17) is 15.5 Å². The normalized spacial score (nSPS) is 12.5. The quantitative estimate of drug-likeness (QED) is 0.255. The number of halogens is 2. The monoisotopic (exact) mass is 526 g/mol. The summed E-state index contributed by atoms with van der Waals surface area (Å²) in [5.74, 6) is -1.05. The van der Waals surface area contributed by atoms with Crippen molar-refractivity contribution in [3.8, 4) is 11.1 Å². The number of ether oxygens (including phenoxy) is 1. The molecule has 0 fully saturated rings. The second kappa shape index (κ2) is 10.3. The number of fused-ring (bicyclic) bond motifs is 1. The number of nitrogens with zero attached hydrogens (tertiary/aromatic N) is 4. The number of para-hydroxylation sites is 1. The maximum absolute atomic E-state index is 14.0. The van der Waals surface area contributed by atoms with Crippen molar-refractivity contribution < 1.29 is 18.3 Å². The molecule has 4 rings (SSSR count). The second-order valence-corrected chi connectivity index (χ2v) is 10.3. The summed E-state index contributed by atoms with van der Waals surface area (Å²) in [4.78, 5) is 22.1. The number of amides is 1. The summed E-state index contributed by atoms with van der Waals surface area (Å²) in [5, 5.41) is 8.41. The van der Waals surface area contributed by atoms with Gasteiger partial charge in [-0.15, -0.1) is 0 Å². The van der Waals surface area contributed by atoms with Gasteiger partial charge in [0.25, 0.3) is 0 Å². The fourth-order valence-corrected chi connectivity index (χ4v) is 4.51. The van der Waals surface area contributed by atoms with E-state index in [1.54, 1.807) is 38.7 Å². The molecule has 0 bridgehead atoms. The average Bonchev–Trinajstić information content (AvgIpc) is 3.10. The molecule has 1 amide bonds. The van der Waals surface area contributed by atoms with E-state index in [9.17, 15) is 13.6 Å². The Hall–Kier alpha value is -3.73. The zero-order valence-electron chi connectivity index (χ0n) is 21.2. The number of alkyl carbamates (subject to hydrolysis) is 1. The molecule has 0 aliphatic heterocycles. The van der Waals surface area contributed by atoms with Crippen molar-refractivity contribution in [2.45, 2.75) is 44.0 Å². The van der Waals surface area contributed by atoms with Gasteiger partial charge in [0.05, 0.1) is 17.3 Å². The molecule has 0 spiro atoms. The van der Waals surface area contributed by atoms with Crippen LogP contribution in [0.15, 0.2) is 47.8 Å². The highest BCUT2D eigenvalue weighted by molar-refractivity contribution is 7.98. The summed E-state index contributed by atoms with van der Waals surface area (Å²) >= 11 is 1.33. The number of rotatable bonds is 6. The number of aryl methyl sites for hydroxylation is 1. The Kier molecular flexibility index (Phi) is 7.35. The first-order valence-electron chi connectivity index (χ1n) is 11.5. The number of carbonyl (C=O) groups excluding carboxylic acids is 1. The molecule has 0 saturated carbocycles. The molecule has 2 aromatic heterocycles. The molecule has 0 radical (unpaired) electrons. The number of thioether (sulfide) groups is 1. The molecule has 194 valence electrons. The molecule has 4 aromatic rings. The average molecular weight is 527 g/mol. The van der Waals surface area contributed by atoms with Crippen molar-refractivity contribution in [2.24, 2.45) is 7.05 Å². The molecule has 0 aliphatic carbocycles. The zero-order chi connectivity index (χ0) is 26.9. The first kappa shape index (κ1) is 26.3. The Labute approximate surface area is 217 Å². The molecule has 8 nitrogen and oxygen atoms in total. The summed E-state index contributed by atoms with van der Waals surface area (Å²) < 4.78 is 35.3. The first-order chi connectivity index (χ1) is 17.4. The number of hydrogen-bond donors (Lipinski definition) is 2. The van der Waals surface area contributed by atoms with Gasteiger partial charge < -0.3 is 15.8 Å². The topological polar surface area (TPSA) is 108 Å². The maximum Gasteiger partial charge on any atom is 0.408 e. The Morgan fingerprint density at radius 3 is 2.54 bits per heavy atom. The molecular formula is C26H28F2N6O2S. The lowest BCUT2D eigenvalue weighted by molar-refractivity contribution is 0.0502. The SMILES string of the molecule is CSc1ncc(-c2cccc3c(N)nn(C)c23)c(C(Cc2cc(F)cc(F)c2)NC(=O)OC(C)(C)C)n1. The molecule has 1 unspecified atom stereocenters. The van der Waals surface area contributed by atoms with Gasteiger partial charge >= 0.3 is 6.09 Å². The molecule has 1 atom stereocenters. The lowest BCUT2D eigenvalue weighted by Crippen LogP contribution is -2.36. The van der Waals surface area contributed by atoms with Gasteiger partial charge in [-0.05, 0) is 57.2 Å². The van der Waals surface area contributed by atoms with E-state index in [1.807, 2.05) is 24.5 Å². The Balaban J connectivity index is 1.89. The van der Waals surface area contributed by atoms with E-state index in [0.717, 1.165) is 22.5 Å². The van der Waals surface area contributed by atoms with Crippen molar-refractivity contribution in [3.63, 3.8) is 0 Å². The third-order valence-corrected chi connectivity index (χ3v) is 6.11. The Morgan fingerprint density at radius 1 is 1.19 bits per heavy atom. The van der Waals surface area contributed by atoms with Crippen LogP contribution in [0.25, 0.3) is 22.0 Å². The van der Waals surface area contributed by atoms with Crippen LogP contribution in [0.5, 0.6) is 0 Å². The Bertz CT molecular complexity index is 1450. The minimum Gasteiger partial charge on any atom is -0.444 e. The molecule has 0 saturated heterocycles. The largest absolute Gasteiger partial charge is 0.444 e. The van der Waals surface area contributed by atoms with E-state index in [-0.39, 0.29) is 6.42 Å². The van der Waals surface area contributed by atoms with Crippen molar-refractivity contribution in [3.05, 3.63) is 65.5 Å². The van der Waals surface area contributed by atoms with Crippen LogP contribution in [0.4, 0.5) is 19.4 Å². The third-order valence-electron chi connectivity index (χ3n) is 5.55. The van der Waals surface area contributed by atoms with Gasteiger partial charge in [0.1, 0.15) is 17.2 Å². The van der Waals surface area contributed by atoms with Crippen LogP contribution in [-0.4, -0.2) is 37.7 Å². The predicted octanol–water partition coefficient (Wildman–Crippen LogP) is 5.42. The number of hydrogen-bond acceptors (Lipinski definition) is 7. The lowest BCUT2D eigenvalue weighted by atomic mass is 9.95. The minimum absolute atomic E-state index is 0.0509. The predicted molar refractivity (Wildman–Crippen MR) is 140 cm³/mol. The second-order valence-electron chi connectivity index (χ2n) is 9.55. The highest BCUT2D eigenvalue weighted by Gasteiger charge is 2.27. The van der Waals surface area contributed by atoms with Crippen LogP contribution >= 0.6 is 11.8 Å². The van der Waals surface area contributed by atoms with Gasteiger partial charge in [-0.1, -0.05) is 23.9 Å². The summed E-state index contributed by atoms with van der Waals surface area (Å²) in [6, 6.07) is 8.05. The van der Waals surface area contributed by atoms with E-state index in [0.29, 0.717) is 27.8 Å². The van der Waals surface area contributed by atoms with Crippen molar-refractivity contribution in [1.29, 1.82) is 0 Å². The van der Waals surface area contributed by atoms with Crippen molar-refractivity contribution in [1.82, 2.24) is 25.1 Å². The van der Waals surface area contributed by atoms with Crippen molar-refractivity contribution >= 4 is 34.6 Å². The number of nitrogens with one attached hydrogen (secondary N) is 1. The van der Waals surface area contributed by atoms with E-state index in [2.05, 4.69) is 15.4 Å². The zero-order valence-corrected chi connectivity index (χ0v) is 22.0. The smallest absolute Gasteiger partial charge is 0.408 e. The van der Waals surface area contributed by atoms with Crippen LogP contribution in [-0.2, 0) is 18.2 Å². The molecular weight excluding hydrogens is 498 g/mol. The maximum atomic E-state index is 14.0. The standard InChI is InChI=1S/C26H28F2N6O2S/c1-26(2,3)36-25(35)31-20(11-14-9-15(27)12-16(28)10-14)21-19(13-30-24(32-21)37-5)17-7-6-8-18-22(17)34(4)33-23(18)29/h6-10,12-13,20H,11H2,1-5H3,(H2,29,33)(H,31,35). The molecule has 0 aliphatic rings. The number of anilines is 1. The summed E-state index contributed by atoms with van der Waals surface area (Å²) in [6.45, 7) is 5.25. The van der Waals surface area contributed by atoms with Gasteiger partial charge in [0, 0.05) is 35.8 Å². The number of nitrogens with two attached hydrogens (primary N) is 1. The van der Waals surface area contributed by atoms with Gasteiger partial charge in [0.2, 0.25) is 0 Å². The Morgan fingerprint density at radius 2 is 1.89 bits per heavy atom. The highest BCUT2D eigenvalue weighted by atomic mass is 32.2. The number of benzene rings is 2. The molecule has 37 heavy (non-hydrogen) atoms. The molecule has 2 aromatic carbocycles. The van der Waals surface area contributed by atoms with Gasteiger partial charge in [-0.25, -0.2) is 23.5 Å². The summed E-state index contributed by atoms with van der Waals surface area (Å²) in [5.41, 5.74) is 8.28. The van der Waals surface area contributed by atoms with E-state index < -0.39 is 29.4 Å².